The minimum Gasteiger partial charge on any atom is -0.360 e. The molecule has 0 bridgehead atoms. The summed E-state index contributed by atoms with van der Waals surface area (Å²) in [5, 5.41) is 1.16. The zero-order valence-corrected chi connectivity index (χ0v) is 13.2. The molecule has 3 aromatic rings. The number of H-pyrrole nitrogens is 1. The Morgan fingerprint density at radius 1 is 1.25 bits per heavy atom. The van der Waals surface area contributed by atoms with E-state index in [0.717, 1.165) is 23.0 Å². The van der Waals surface area contributed by atoms with Crippen molar-refractivity contribution < 1.29 is 9.18 Å². The van der Waals surface area contributed by atoms with Gasteiger partial charge in [-0.25, -0.2) is 4.39 Å². The first-order valence-corrected chi connectivity index (χ1v) is 8.13. The average Bonchev–Trinajstić information content (AvgIpc) is 3.02. The number of pyridine rings is 1. The van der Waals surface area contributed by atoms with Gasteiger partial charge in [-0.05, 0) is 36.1 Å². The van der Waals surface area contributed by atoms with Crippen LogP contribution < -0.4 is 0 Å². The predicted octanol–water partition coefficient (Wildman–Crippen LogP) is 2.95. The maximum absolute atomic E-state index is 13.6. The highest BCUT2D eigenvalue weighted by Crippen LogP contribution is 2.24. The summed E-state index contributed by atoms with van der Waals surface area (Å²) in [6, 6.07) is 10.5. The third-order valence-corrected chi connectivity index (χ3v) is 4.64. The molecular weight excluding hydrogens is 305 g/mol. The molecule has 4 nitrogen and oxygen atoms in total. The zero-order valence-electron chi connectivity index (χ0n) is 13.2. The van der Waals surface area contributed by atoms with Crippen molar-refractivity contribution in [3.8, 4) is 0 Å². The SMILES string of the molecule is O=C(Cc1ccccc1F)N1CC(Cc2nccc3cc[nH]c23)C1. The monoisotopic (exact) mass is 323 g/mol. The largest absolute Gasteiger partial charge is 0.360 e. The van der Waals surface area contributed by atoms with Gasteiger partial charge < -0.3 is 9.88 Å². The zero-order chi connectivity index (χ0) is 16.5. The van der Waals surface area contributed by atoms with Crippen molar-refractivity contribution in [1.82, 2.24) is 14.9 Å². The first-order valence-electron chi connectivity index (χ1n) is 8.13. The molecule has 1 amide bonds. The lowest BCUT2D eigenvalue weighted by Gasteiger charge is -2.39. The third-order valence-electron chi connectivity index (χ3n) is 4.64. The standard InChI is InChI=1S/C19H18FN3O/c20-16-4-2-1-3-15(16)10-18(24)23-11-13(12-23)9-17-19-14(5-7-21-17)6-8-22-19/h1-8,13,22H,9-12H2. The number of carbonyl (C=O) groups excluding carboxylic acids is 1. The Morgan fingerprint density at radius 3 is 2.92 bits per heavy atom. The van der Waals surface area contributed by atoms with E-state index in [9.17, 15) is 9.18 Å². The third kappa shape index (κ3) is 2.77. The van der Waals surface area contributed by atoms with Crippen molar-refractivity contribution in [2.24, 2.45) is 5.92 Å². The molecule has 0 saturated carbocycles. The summed E-state index contributed by atoms with van der Waals surface area (Å²) in [6.07, 6.45) is 4.72. The van der Waals surface area contributed by atoms with Crippen LogP contribution in [0.15, 0.2) is 48.8 Å². The topological polar surface area (TPSA) is 49.0 Å². The van der Waals surface area contributed by atoms with Crippen LogP contribution >= 0.6 is 0 Å². The smallest absolute Gasteiger partial charge is 0.227 e. The van der Waals surface area contributed by atoms with Crippen LogP contribution in [0.4, 0.5) is 4.39 Å². The van der Waals surface area contributed by atoms with Gasteiger partial charge >= 0.3 is 0 Å². The summed E-state index contributed by atoms with van der Waals surface area (Å²) >= 11 is 0. The van der Waals surface area contributed by atoms with E-state index in [0.29, 0.717) is 24.6 Å². The second-order valence-electron chi connectivity index (χ2n) is 6.34. The van der Waals surface area contributed by atoms with Crippen LogP contribution in [0.5, 0.6) is 0 Å². The van der Waals surface area contributed by atoms with Crippen LogP contribution in [0, 0.1) is 11.7 Å². The van der Waals surface area contributed by atoms with Crippen LogP contribution in [-0.4, -0.2) is 33.9 Å². The number of aromatic nitrogens is 2. The van der Waals surface area contributed by atoms with Crippen molar-refractivity contribution in [2.75, 3.05) is 13.1 Å². The molecule has 1 aliphatic rings. The van der Waals surface area contributed by atoms with Crippen LogP contribution in [0.2, 0.25) is 0 Å². The number of benzene rings is 1. The molecule has 1 N–H and O–H groups in total. The van der Waals surface area contributed by atoms with E-state index in [1.54, 1.807) is 23.1 Å². The van der Waals surface area contributed by atoms with Crippen LogP contribution in [0.1, 0.15) is 11.3 Å². The van der Waals surface area contributed by atoms with Crippen LogP contribution in [-0.2, 0) is 17.6 Å². The van der Waals surface area contributed by atoms with E-state index in [1.807, 2.05) is 24.5 Å². The molecular formula is C19H18FN3O. The van der Waals surface area contributed by atoms with Gasteiger partial charge in [0.25, 0.3) is 0 Å². The molecule has 0 radical (unpaired) electrons. The Hall–Kier alpha value is -2.69. The molecule has 1 aromatic carbocycles. The lowest BCUT2D eigenvalue weighted by molar-refractivity contribution is -0.136. The van der Waals surface area contributed by atoms with E-state index < -0.39 is 0 Å². The van der Waals surface area contributed by atoms with Gasteiger partial charge in [0.2, 0.25) is 5.91 Å². The van der Waals surface area contributed by atoms with Crippen LogP contribution in [0.3, 0.4) is 0 Å². The fourth-order valence-corrected chi connectivity index (χ4v) is 3.29. The molecule has 122 valence electrons. The number of hydrogen-bond acceptors (Lipinski definition) is 2. The van der Waals surface area contributed by atoms with E-state index in [-0.39, 0.29) is 18.1 Å². The number of amides is 1. The van der Waals surface area contributed by atoms with Crippen LogP contribution in [0.25, 0.3) is 10.9 Å². The lowest BCUT2D eigenvalue weighted by atomic mass is 9.93. The van der Waals surface area contributed by atoms with Gasteiger partial charge in [-0.2, -0.15) is 0 Å². The van der Waals surface area contributed by atoms with Crippen molar-refractivity contribution in [1.29, 1.82) is 0 Å². The number of rotatable bonds is 4. The minimum absolute atomic E-state index is 0.0117. The Balaban J connectivity index is 1.36. The molecule has 1 fully saturated rings. The van der Waals surface area contributed by atoms with Gasteiger partial charge in [-0.15, -0.1) is 0 Å². The fourth-order valence-electron chi connectivity index (χ4n) is 3.29. The first kappa shape index (κ1) is 14.9. The number of halogens is 1. The number of aromatic amines is 1. The summed E-state index contributed by atoms with van der Waals surface area (Å²) < 4.78 is 13.6. The fraction of sp³-hybridized carbons (Fsp3) is 0.263. The Bertz CT molecular complexity index is 883. The van der Waals surface area contributed by atoms with Gasteiger partial charge in [0, 0.05) is 30.9 Å². The van der Waals surface area contributed by atoms with Gasteiger partial charge in [0.15, 0.2) is 0 Å². The highest BCUT2D eigenvalue weighted by molar-refractivity contribution is 5.81. The highest BCUT2D eigenvalue weighted by Gasteiger charge is 2.31. The summed E-state index contributed by atoms with van der Waals surface area (Å²) in [5.41, 5.74) is 2.58. The quantitative estimate of drug-likeness (QED) is 0.802. The number of nitrogens with zero attached hydrogens (tertiary/aromatic N) is 2. The maximum Gasteiger partial charge on any atom is 0.227 e. The summed E-state index contributed by atoms with van der Waals surface area (Å²) in [7, 11) is 0. The number of carbonyl (C=O) groups is 1. The predicted molar refractivity (Wildman–Crippen MR) is 90.0 cm³/mol. The second-order valence-corrected chi connectivity index (χ2v) is 6.34. The summed E-state index contributed by atoms with van der Waals surface area (Å²) in [5.74, 6) is 0.0870. The van der Waals surface area contributed by atoms with Gasteiger partial charge in [-0.1, -0.05) is 18.2 Å². The molecule has 0 atom stereocenters. The van der Waals surface area contributed by atoms with Crippen molar-refractivity contribution in [3.63, 3.8) is 0 Å². The molecule has 3 heterocycles. The Labute approximate surface area is 139 Å². The van der Waals surface area contributed by atoms with Crippen molar-refractivity contribution in [2.45, 2.75) is 12.8 Å². The molecule has 4 rings (SSSR count). The molecule has 0 aliphatic carbocycles. The van der Waals surface area contributed by atoms with Gasteiger partial charge in [-0.3, -0.25) is 9.78 Å². The van der Waals surface area contributed by atoms with E-state index in [1.165, 1.54) is 6.07 Å². The number of nitrogens with one attached hydrogen (secondary N) is 1. The number of hydrogen-bond donors (Lipinski definition) is 1. The van der Waals surface area contributed by atoms with E-state index in [2.05, 4.69) is 9.97 Å². The number of likely N-dealkylation sites (tertiary alicyclic amines) is 1. The average molecular weight is 323 g/mol. The van der Waals surface area contributed by atoms with Gasteiger partial charge in [0.1, 0.15) is 5.82 Å². The molecule has 1 aliphatic heterocycles. The Morgan fingerprint density at radius 2 is 2.08 bits per heavy atom. The normalized spacial score (nSPS) is 14.8. The van der Waals surface area contributed by atoms with E-state index >= 15 is 0 Å². The molecule has 0 unspecified atom stereocenters. The Kier molecular flexibility index (Phi) is 3.76. The van der Waals surface area contributed by atoms with E-state index in [4.69, 9.17) is 0 Å². The maximum atomic E-state index is 13.6. The summed E-state index contributed by atoms with van der Waals surface area (Å²) in [4.78, 5) is 21.7. The van der Waals surface area contributed by atoms with Crippen molar-refractivity contribution in [3.05, 3.63) is 65.9 Å². The lowest BCUT2D eigenvalue weighted by Crippen LogP contribution is -2.51. The molecule has 5 heteroatoms. The van der Waals surface area contributed by atoms with Crippen molar-refractivity contribution >= 4 is 16.8 Å². The first-order chi connectivity index (χ1) is 11.7. The molecule has 24 heavy (non-hydrogen) atoms. The second kappa shape index (κ2) is 6.07. The molecule has 0 spiro atoms. The molecule has 1 saturated heterocycles. The van der Waals surface area contributed by atoms with Gasteiger partial charge in [0.05, 0.1) is 17.6 Å². The highest BCUT2D eigenvalue weighted by atomic mass is 19.1. The minimum atomic E-state index is -0.314. The molecule has 2 aromatic heterocycles. The number of fused-ring (bicyclic) bond motifs is 1. The summed E-state index contributed by atoms with van der Waals surface area (Å²) in [6.45, 7) is 1.43.